The molecule has 0 radical (unpaired) electrons. The molecule has 0 spiro atoms. The second kappa shape index (κ2) is 50.3. The molecule has 0 fully saturated rings. The lowest BCUT2D eigenvalue weighted by Crippen LogP contribution is -2.28. The zero-order valence-corrected chi connectivity index (χ0v) is 43.1. The fourth-order valence-corrected chi connectivity index (χ4v) is 8.76. The average Bonchev–Trinajstić information content (AvgIpc) is 3.30. The van der Waals surface area contributed by atoms with E-state index in [1.54, 1.807) is 0 Å². The van der Waals surface area contributed by atoms with E-state index < -0.39 is 58.4 Å². The number of aliphatic hydroxyl groups excluding tert-OH is 2. The van der Waals surface area contributed by atoms with Crippen molar-refractivity contribution in [1.82, 2.24) is 0 Å². The minimum Gasteiger partial charge on any atom is -0.457 e. The number of ether oxygens (including phenoxy) is 2. The Hall–Kier alpha value is -1.55. The molecule has 0 aliphatic carbocycles. The summed E-state index contributed by atoms with van der Waals surface area (Å²) in [5, 5.41) is 19.3. The maximum atomic E-state index is 12.4. The third-order valence-corrected chi connectivity index (χ3v) is 13.1. The van der Waals surface area contributed by atoms with Crippen molar-refractivity contribution in [2.45, 2.75) is 283 Å². The first-order chi connectivity index (χ1) is 31.8. The Kier molecular flexibility index (Phi) is 49.1. The molecule has 3 atom stereocenters. The van der Waals surface area contributed by atoms with Crippen LogP contribution in [0.25, 0.3) is 0 Å². The number of phosphoric ester groups is 1. The summed E-state index contributed by atoms with van der Waals surface area (Å²) in [6.07, 6.45) is 54.4. The topological polar surface area (TPSA) is 149 Å². The van der Waals surface area contributed by atoms with Crippen LogP contribution in [0.15, 0.2) is 24.3 Å². The van der Waals surface area contributed by atoms with E-state index in [0.29, 0.717) is 12.8 Å². The van der Waals surface area contributed by atoms with Crippen LogP contribution in [0.2, 0.25) is 0 Å². The molecule has 65 heavy (non-hydrogen) atoms. The third kappa shape index (κ3) is 48.7. The van der Waals surface area contributed by atoms with Crippen LogP contribution in [0, 0.1) is 0 Å². The fraction of sp³-hybridized carbons (Fsp3) is 0.889. The van der Waals surface area contributed by atoms with Gasteiger partial charge in [0.1, 0.15) is 12.2 Å². The lowest BCUT2D eigenvalue weighted by Gasteiger charge is -2.20. The van der Waals surface area contributed by atoms with Crippen LogP contribution in [0.4, 0.5) is 0 Å². The van der Waals surface area contributed by atoms with Crippen LogP contribution >= 0.6 is 7.82 Å². The Bertz CT molecular complexity index is 1130. The number of unbranched alkanes of at least 4 members (excludes halogenated alkanes) is 34. The molecule has 11 heteroatoms. The van der Waals surface area contributed by atoms with Crippen molar-refractivity contribution in [3.63, 3.8) is 0 Å². The second-order valence-corrected chi connectivity index (χ2v) is 20.0. The van der Waals surface area contributed by atoms with Gasteiger partial charge in [-0.1, -0.05) is 237 Å². The highest BCUT2D eigenvalue weighted by Gasteiger charge is 2.27. The second-order valence-electron chi connectivity index (χ2n) is 18.6. The Morgan fingerprint density at radius 2 is 0.677 bits per heavy atom. The molecule has 0 bridgehead atoms. The van der Waals surface area contributed by atoms with Gasteiger partial charge in [-0.2, -0.15) is 0 Å². The van der Waals surface area contributed by atoms with E-state index in [2.05, 4.69) is 38.2 Å². The summed E-state index contributed by atoms with van der Waals surface area (Å²) in [6, 6.07) is 0. The molecule has 0 aliphatic rings. The van der Waals surface area contributed by atoms with Gasteiger partial charge >= 0.3 is 19.8 Å². The first kappa shape index (κ1) is 63.5. The molecule has 3 N–H and O–H groups in total. The van der Waals surface area contributed by atoms with Crippen LogP contribution in [-0.2, 0) is 32.7 Å². The van der Waals surface area contributed by atoms with Gasteiger partial charge in [-0.25, -0.2) is 4.57 Å². The van der Waals surface area contributed by atoms with Crippen molar-refractivity contribution >= 4 is 19.8 Å². The smallest absolute Gasteiger partial charge is 0.457 e. The molecule has 384 valence electrons. The van der Waals surface area contributed by atoms with Crippen molar-refractivity contribution in [2.75, 3.05) is 26.4 Å². The van der Waals surface area contributed by atoms with E-state index in [-0.39, 0.29) is 12.8 Å². The SMILES string of the molecule is CCCCCC/C=C\C/C=C\CCCCCCCCCC(=O)OC(CO)COP(=O)(O)OCC(CO)OC(=O)CCCCCCCCCCCCCCCCCCCCCCCCCC. The van der Waals surface area contributed by atoms with Gasteiger partial charge < -0.3 is 24.6 Å². The maximum absolute atomic E-state index is 12.4. The molecule has 3 unspecified atom stereocenters. The predicted molar refractivity (Wildman–Crippen MR) is 270 cm³/mol. The first-order valence-electron chi connectivity index (χ1n) is 27.3. The Balaban J connectivity index is 3.78. The number of carbonyl (C=O) groups excluding carboxylic acids is 2. The number of esters is 2. The molecule has 0 saturated carbocycles. The van der Waals surface area contributed by atoms with E-state index >= 15 is 0 Å². The summed E-state index contributed by atoms with van der Waals surface area (Å²) < 4.78 is 32.8. The van der Waals surface area contributed by atoms with E-state index in [1.807, 2.05) is 0 Å². The molecular weight excluding hydrogens is 840 g/mol. The van der Waals surface area contributed by atoms with E-state index in [9.17, 15) is 29.3 Å². The number of allylic oxidation sites excluding steroid dienone is 4. The quantitative estimate of drug-likeness (QED) is 0.0233. The standard InChI is InChI=1S/C54H103O10P/c1-3-5-7-9-11-13-15-17-19-21-23-24-25-26-27-28-30-32-34-36-38-40-42-44-46-54(58)64-52(48-56)50-62-65(59,60)61-49-51(47-55)63-53(57)45-43-41-39-37-35-33-31-29-22-20-18-16-14-12-10-8-6-4-2/h14,16,20,22,51-52,55-56H,3-13,15,17-19,21,23-50H2,1-2H3,(H,59,60)/b16-14-,22-20-. The van der Waals surface area contributed by atoms with E-state index in [0.717, 1.165) is 51.4 Å². The number of aliphatic hydroxyl groups is 2. The van der Waals surface area contributed by atoms with Crippen LogP contribution in [0.1, 0.15) is 271 Å². The Morgan fingerprint density at radius 3 is 0.969 bits per heavy atom. The summed E-state index contributed by atoms with van der Waals surface area (Å²) in [5.41, 5.74) is 0. The van der Waals surface area contributed by atoms with Crippen molar-refractivity contribution in [2.24, 2.45) is 0 Å². The Labute approximate surface area is 399 Å². The van der Waals surface area contributed by atoms with Crippen LogP contribution < -0.4 is 0 Å². The van der Waals surface area contributed by atoms with Gasteiger partial charge in [0.25, 0.3) is 0 Å². The minimum atomic E-state index is -4.64. The molecule has 10 nitrogen and oxygen atoms in total. The number of hydrogen-bond donors (Lipinski definition) is 3. The summed E-state index contributed by atoms with van der Waals surface area (Å²) in [4.78, 5) is 34.7. The summed E-state index contributed by atoms with van der Waals surface area (Å²) >= 11 is 0. The third-order valence-electron chi connectivity index (χ3n) is 12.2. The van der Waals surface area contributed by atoms with Gasteiger partial charge in [0, 0.05) is 12.8 Å². The van der Waals surface area contributed by atoms with Gasteiger partial charge in [-0.15, -0.1) is 0 Å². The summed E-state index contributed by atoms with van der Waals surface area (Å²) in [7, 11) is -4.64. The molecule has 0 aromatic carbocycles. The first-order valence-corrected chi connectivity index (χ1v) is 28.8. The molecule has 0 aromatic heterocycles. The summed E-state index contributed by atoms with van der Waals surface area (Å²) in [6.45, 7) is 2.24. The molecule has 0 aliphatic heterocycles. The fourth-order valence-electron chi connectivity index (χ4n) is 7.97. The summed E-state index contributed by atoms with van der Waals surface area (Å²) in [5.74, 6) is -1.01. The zero-order chi connectivity index (χ0) is 47.6. The lowest BCUT2D eigenvalue weighted by atomic mass is 10.0. The highest BCUT2D eigenvalue weighted by molar-refractivity contribution is 7.47. The molecule has 0 heterocycles. The van der Waals surface area contributed by atoms with Gasteiger partial charge in [-0.3, -0.25) is 18.6 Å². The molecular formula is C54H103O10P. The molecule has 0 saturated heterocycles. The van der Waals surface area contributed by atoms with Gasteiger partial charge in [0.05, 0.1) is 26.4 Å². The number of rotatable bonds is 52. The van der Waals surface area contributed by atoms with Crippen molar-refractivity contribution in [3.05, 3.63) is 24.3 Å². The number of carbonyl (C=O) groups is 2. The van der Waals surface area contributed by atoms with Crippen LogP contribution in [0.3, 0.4) is 0 Å². The van der Waals surface area contributed by atoms with Gasteiger partial charge in [-0.05, 0) is 44.9 Å². The van der Waals surface area contributed by atoms with Crippen LogP contribution in [0.5, 0.6) is 0 Å². The lowest BCUT2D eigenvalue weighted by molar-refractivity contribution is -0.153. The van der Waals surface area contributed by atoms with Crippen molar-refractivity contribution < 1.29 is 47.8 Å². The Morgan fingerprint density at radius 1 is 0.415 bits per heavy atom. The highest BCUT2D eigenvalue weighted by atomic mass is 31.2. The normalized spacial score (nSPS) is 13.7. The maximum Gasteiger partial charge on any atom is 0.472 e. The van der Waals surface area contributed by atoms with E-state index in [4.69, 9.17) is 18.5 Å². The van der Waals surface area contributed by atoms with Gasteiger partial charge in [0.15, 0.2) is 0 Å². The van der Waals surface area contributed by atoms with Gasteiger partial charge in [0.2, 0.25) is 0 Å². The molecule has 0 aromatic rings. The molecule has 0 rings (SSSR count). The highest BCUT2D eigenvalue weighted by Crippen LogP contribution is 2.43. The monoisotopic (exact) mass is 943 g/mol. The van der Waals surface area contributed by atoms with Crippen molar-refractivity contribution in [1.29, 1.82) is 0 Å². The minimum absolute atomic E-state index is 0.185. The number of phosphoric acid groups is 1. The van der Waals surface area contributed by atoms with Crippen molar-refractivity contribution in [3.8, 4) is 0 Å². The molecule has 0 amide bonds. The largest absolute Gasteiger partial charge is 0.472 e. The predicted octanol–water partition coefficient (Wildman–Crippen LogP) is 15.7. The van der Waals surface area contributed by atoms with E-state index in [1.165, 1.54) is 180 Å². The average molecular weight is 943 g/mol. The van der Waals surface area contributed by atoms with Crippen LogP contribution in [-0.4, -0.2) is 65.7 Å². The zero-order valence-electron chi connectivity index (χ0n) is 42.2. The number of hydrogen-bond acceptors (Lipinski definition) is 9.